The Morgan fingerprint density at radius 3 is 2.30 bits per heavy atom. The first-order valence-electron chi connectivity index (χ1n) is 4.23. The van der Waals surface area contributed by atoms with Crippen LogP contribution in [0.3, 0.4) is 0 Å². The predicted molar refractivity (Wildman–Crippen MR) is 48.1 cm³/mol. The highest BCUT2D eigenvalue weighted by Gasteiger charge is 1.74. The summed E-state index contributed by atoms with van der Waals surface area (Å²) in [5, 5.41) is 0. The normalized spacial score (nSPS) is 11.8. The van der Waals surface area contributed by atoms with Crippen molar-refractivity contribution in [3.8, 4) is 0 Å². The van der Waals surface area contributed by atoms with Crippen molar-refractivity contribution in [2.24, 2.45) is 0 Å². The van der Waals surface area contributed by atoms with Crippen LogP contribution in [-0.4, -0.2) is 0 Å². The zero-order valence-corrected chi connectivity index (χ0v) is 7.14. The molecule has 58 valence electrons. The molecule has 0 amide bonds. The van der Waals surface area contributed by atoms with E-state index in [9.17, 15) is 0 Å². The summed E-state index contributed by atoms with van der Waals surface area (Å²) < 4.78 is 0. The predicted octanol–water partition coefficient (Wildman–Crippen LogP) is 3.70. The third kappa shape index (κ3) is 7.48. The third-order valence-electron chi connectivity index (χ3n) is 1.34. The summed E-state index contributed by atoms with van der Waals surface area (Å²) in [6, 6.07) is 0. The minimum atomic E-state index is 1.14. The van der Waals surface area contributed by atoms with Gasteiger partial charge in [0.1, 0.15) is 0 Å². The van der Waals surface area contributed by atoms with Gasteiger partial charge in [-0.05, 0) is 12.8 Å². The van der Waals surface area contributed by atoms with Crippen molar-refractivity contribution in [1.82, 2.24) is 0 Å². The molecular weight excluding hydrogens is 120 g/mol. The molecule has 0 aromatic heterocycles. The lowest BCUT2D eigenvalue weighted by atomic mass is 10.2. The fourth-order valence-corrected chi connectivity index (χ4v) is 0.711. The zero-order chi connectivity index (χ0) is 7.66. The van der Waals surface area contributed by atoms with Gasteiger partial charge in [-0.2, -0.15) is 0 Å². The van der Waals surface area contributed by atoms with Crippen LogP contribution >= 0.6 is 0 Å². The van der Waals surface area contributed by atoms with Crippen molar-refractivity contribution in [3.63, 3.8) is 0 Å². The SMILES string of the molecule is CC/C=C/C=C\CCCC. The molecule has 0 aromatic carbocycles. The van der Waals surface area contributed by atoms with E-state index >= 15 is 0 Å². The van der Waals surface area contributed by atoms with Crippen molar-refractivity contribution in [1.29, 1.82) is 0 Å². The standard InChI is InChI=1S/C10H18/c1-3-5-7-9-10-8-6-4-2/h5,7,9-10H,3-4,6,8H2,1-2H3/b7-5+,10-9-. The molecular formula is C10H18. The maximum absolute atomic E-state index is 2.23. The van der Waals surface area contributed by atoms with Crippen LogP contribution in [0.2, 0.25) is 0 Å². The van der Waals surface area contributed by atoms with Crippen molar-refractivity contribution in [2.45, 2.75) is 39.5 Å². The monoisotopic (exact) mass is 138 g/mol. The van der Waals surface area contributed by atoms with E-state index < -0.39 is 0 Å². The second-order valence-electron chi connectivity index (χ2n) is 2.41. The summed E-state index contributed by atoms with van der Waals surface area (Å²) in [6.45, 7) is 4.37. The maximum atomic E-state index is 2.23. The molecule has 0 fully saturated rings. The molecule has 0 unspecified atom stereocenters. The van der Waals surface area contributed by atoms with E-state index in [4.69, 9.17) is 0 Å². The van der Waals surface area contributed by atoms with Crippen LogP contribution in [-0.2, 0) is 0 Å². The van der Waals surface area contributed by atoms with E-state index in [0.29, 0.717) is 0 Å². The molecule has 0 bridgehead atoms. The lowest BCUT2D eigenvalue weighted by Crippen LogP contribution is -1.64. The summed E-state index contributed by atoms with van der Waals surface area (Å²) in [4.78, 5) is 0. The Bertz CT molecular complexity index is 98.6. The Kier molecular flexibility index (Phi) is 8.04. The molecule has 0 aromatic rings. The highest BCUT2D eigenvalue weighted by molar-refractivity contribution is 5.01. The van der Waals surface area contributed by atoms with Gasteiger partial charge in [0.15, 0.2) is 0 Å². The first kappa shape index (κ1) is 9.48. The average Bonchev–Trinajstić information content (AvgIpc) is 1.97. The lowest BCUT2D eigenvalue weighted by molar-refractivity contribution is 0.815. The summed E-state index contributed by atoms with van der Waals surface area (Å²) in [5.74, 6) is 0. The largest absolute Gasteiger partial charge is 0.0848 e. The Morgan fingerprint density at radius 2 is 1.70 bits per heavy atom. The van der Waals surface area contributed by atoms with Crippen LogP contribution < -0.4 is 0 Å². The summed E-state index contributed by atoms with van der Waals surface area (Å²) in [7, 11) is 0. The van der Waals surface area contributed by atoms with Crippen LogP contribution in [0.4, 0.5) is 0 Å². The Balaban J connectivity index is 3.11. The molecule has 0 atom stereocenters. The molecule has 10 heavy (non-hydrogen) atoms. The van der Waals surface area contributed by atoms with Gasteiger partial charge in [0.05, 0.1) is 0 Å². The van der Waals surface area contributed by atoms with Gasteiger partial charge >= 0.3 is 0 Å². The molecule has 0 N–H and O–H groups in total. The smallest absolute Gasteiger partial charge is 0.0348 e. The molecule has 0 aliphatic heterocycles. The van der Waals surface area contributed by atoms with E-state index in [2.05, 4.69) is 38.2 Å². The van der Waals surface area contributed by atoms with E-state index in [1.165, 1.54) is 19.3 Å². The van der Waals surface area contributed by atoms with Gasteiger partial charge in [0.25, 0.3) is 0 Å². The fourth-order valence-electron chi connectivity index (χ4n) is 0.711. The molecule has 0 heterocycles. The minimum absolute atomic E-state index is 1.14. The van der Waals surface area contributed by atoms with Gasteiger partial charge in [-0.15, -0.1) is 0 Å². The topological polar surface area (TPSA) is 0 Å². The van der Waals surface area contributed by atoms with Gasteiger partial charge < -0.3 is 0 Å². The van der Waals surface area contributed by atoms with Gasteiger partial charge in [-0.1, -0.05) is 51.0 Å². The second-order valence-corrected chi connectivity index (χ2v) is 2.41. The molecule has 0 saturated heterocycles. The Morgan fingerprint density at radius 1 is 1.00 bits per heavy atom. The fraction of sp³-hybridized carbons (Fsp3) is 0.600. The highest BCUT2D eigenvalue weighted by atomic mass is 13.8. The van der Waals surface area contributed by atoms with Gasteiger partial charge in [0.2, 0.25) is 0 Å². The number of allylic oxidation sites excluding steroid dienone is 4. The highest BCUT2D eigenvalue weighted by Crippen LogP contribution is 1.94. The van der Waals surface area contributed by atoms with Crippen molar-refractivity contribution in [3.05, 3.63) is 24.3 Å². The zero-order valence-electron chi connectivity index (χ0n) is 7.14. The Labute approximate surface area is 64.6 Å². The summed E-state index contributed by atoms with van der Waals surface area (Å²) >= 11 is 0. The summed E-state index contributed by atoms with van der Waals surface area (Å²) in [6.07, 6.45) is 13.6. The molecule has 0 rings (SSSR count). The quantitative estimate of drug-likeness (QED) is 0.401. The van der Waals surface area contributed by atoms with Crippen molar-refractivity contribution in [2.75, 3.05) is 0 Å². The van der Waals surface area contributed by atoms with E-state index in [0.717, 1.165) is 6.42 Å². The number of unbranched alkanes of at least 4 members (excludes halogenated alkanes) is 2. The average molecular weight is 138 g/mol. The van der Waals surface area contributed by atoms with E-state index in [1.54, 1.807) is 0 Å². The van der Waals surface area contributed by atoms with Crippen LogP contribution in [0.5, 0.6) is 0 Å². The maximum Gasteiger partial charge on any atom is -0.0348 e. The molecule has 0 saturated carbocycles. The summed E-state index contributed by atoms with van der Waals surface area (Å²) in [5.41, 5.74) is 0. The molecule has 0 radical (unpaired) electrons. The second kappa shape index (κ2) is 8.48. The van der Waals surface area contributed by atoms with Gasteiger partial charge in [-0.3, -0.25) is 0 Å². The third-order valence-corrected chi connectivity index (χ3v) is 1.34. The Hall–Kier alpha value is -0.520. The number of hydrogen-bond donors (Lipinski definition) is 0. The van der Waals surface area contributed by atoms with Crippen LogP contribution in [0.1, 0.15) is 39.5 Å². The van der Waals surface area contributed by atoms with Crippen molar-refractivity contribution >= 4 is 0 Å². The van der Waals surface area contributed by atoms with E-state index in [-0.39, 0.29) is 0 Å². The van der Waals surface area contributed by atoms with Crippen LogP contribution in [0.25, 0.3) is 0 Å². The lowest BCUT2D eigenvalue weighted by Gasteiger charge is -1.85. The van der Waals surface area contributed by atoms with Gasteiger partial charge in [-0.25, -0.2) is 0 Å². The van der Waals surface area contributed by atoms with Crippen LogP contribution in [0, 0.1) is 0 Å². The van der Waals surface area contributed by atoms with Gasteiger partial charge in [0, 0.05) is 0 Å². The molecule has 0 heteroatoms. The first-order chi connectivity index (χ1) is 4.91. The van der Waals surface area contributed by atoms with E-state index in [1.807, 2.05) is 0 Å². The number of hydrogen-bond acceptors (Lipinski definition) is 0. The first-order valence-corrected chi connectivity index (χ1v) is 4.23. The molecule has 0 nitrogen and oxygen atoms in total. The molecule has 0 aliphatic rings. The molecule has 0 spiro atoms. The van der Waals surface area contributed by atoms with Crippen LogP contribution in [0.15, 0.2) is 24.3 Å². The number of rotatable bonds is 5. The molecule has 0 aliphatic carbocycles. The minimum Gasteiger partial charge on any atom is -0.0848 e. The van der Waals surface area contributed by atoms with Crippen molar-refractivity contribution < 1.29 is 0 Å².